The van der Waals surface area contributed by atoms with Crippen LogP contribution in [0, 0.1) is 0 Å². The Bertz CT molecular complexity index is 340. The van der Waals surface area contributed by atoms with Gasteiger partial charge in [-0.2, -0.15) is 0 Å². The van der Waals surface area contributed by atoms with Gasteiger partial charge in [0.15, 0.2) is 0 Å². The number of methoxy groups -OCH3 is 1. The van der Waals surface area contributed by atoms with Crippen molar-refractivity contribution in [3.05, 3.63) is 35.9 Å². The molecule has 0 saturated carbocycles. The molecule has 4 nitrogen and oxygen atoms in total. The van der Waals surface area contributed by atoms with Gasteiger partial charge >= 0.3 is 0 Å². The van der Waals surface area contributed by atoms with Crippen molar-refractivity contribution < 1.29 is 14.3 Å². The highest BCUT2D eigenvalue weighted by Crippen LogP contribution is 2.03. The Hall–Kier alpha value is -1.39. The summed E-state index contributed by atoms with van der Waals surface area (Å²) in [6.45, 7) is 2.18. The molecule has 0 N–H and O–H groups in total. The minimum Gasteiger partial charge on any atom is -0.382 e. The van der Waals surface area contributed by atoms with E-state index in [2.05, 4.69) is 0 Å². The van der Waals surface area contributed by atoms with E-state index in [1.807, 2.05) is 37.4 Å². The highest BCUT2D eigenvalue weighted by atomic mass is 16.5. The molecule has 0 spiro atoms. The molecule has 0 bridgehead atoms. The zero-order valence-corrected chi connectivity index (χ0v) is 11.1. The molecule has 0 aliphatic heterocycles. The minimum absolute atomic E-state index is 0.0938. The first-order valence-corrected chi connectivity index (χ1v) is 6.08. The van der Waals surface area contributed by atoms with Crippen molar-refractivity contribution in [2.45, 2.75) is 13.0 Å². The van der Waals surface area contributed by atoms with Gasteiger partial charge in [-0.3, -0.25) is 4.79 Å². The van der Waals surface area contributed by atoms with E-state index in [-0.39, 0.29) is 5.91 Å². The van der Waals surface area contributed by atoms with E-state index >= 15 is 0 Å². The summed E-state index contributed by atoms with van der Waals surface area (Å²) >= 11 is 0. The molecule has 18 heavy (non-hydrogen) atoms. The summed E-state index contributed by atoms with van der Waals surface area (Å²) in [5.41, 5.74) is 1.13. The lowest BCUT2D eigenvalue weighted by Crippen LogP contribution is -2.27. The zero-order valence-electron chi connectivity index (χ0n) is 11.1. The maximum absolute atomic E-state index is 11.8. The Morgan fingerprint density at radius 2 is 1.89 bits per heavy atom. The smallest absolute Gasteiger partial charge is 0.224 e. The summed E-state index contributed by atoms with van der Waals surface area (Å²) < 4.78 is 10.1. The van der Waals surface area contributed by atoms with Crippen LogP contribution in [0.3, 0.4) is 0 Å². The molecule has 0 aliphatic rings. The summed E-state index contributed by atoms with van der Waals surface area (Å²) in [4.78, 5) is 13.5. The van der Waals surface area contributed by atoms with Gasteiger partial charge in [0, 0.05) is 20.7 Å². The third kappa shape index (κ3) is 5.80. The molecule has 0 atom stereocenters. The summed E-state index contributed by atoms with van der Waals surface area (Å²) in [7, 11) is 3.44. The van der Waals surface area contributed by atoms with Crippen LogP contribution in [0.4, 0.5) is 0 Å². The lowest BCUT2D eigenvalue weighted by molar-refractivity contribution is -0.131. The molecule has 100 valence electrons. The van der Waals surface area contributed by atoms with E-state index in [1.165, 1.54) is 0 Å². The van der Waals surface area contributed by atoms with Crippen LogP contribution in [-0.4, -0.2) is 44.8 Å². The van der Waals surface area contributed by atoms with Crippen LogP contribution in [0.25, 0.3) is 0 Å². The topological polar surface area (TPSA) is 38.8 Å². The number of amides is 1. The average molecular weight is 251 g/mol. The lowest BCUT2D eigenvalue weighted by Gasteiger charge is -2.17. The summed E-state index contributed by atoms with van der Waals surface area (Å²) in [5.74, 6) is 0.0938. The van der Waals surface area contributed by atoms with Crippen LogP contribution in [0.5, 0.6) is 0 Å². The average Bonchev–Trinajstić information content (AvgIpc) is 2.39. The molecule has 0 radical (unpaired) electrons. The van der Waals surface area contributed by atoms with Gasteiger partial charge in [0.05, 0.1) is 26.2 Å². The van der Waals surface area contributed by atoms with Crippen LogP contribution in [-0.2, 0) is 20.8 Å². The Morgan fingerprint density at radius 3 is 2.56 bits per heavy atom. The molecule has 0 aromatic heterocycles. The molecule has 1 aromatic rings. The molecule has 4 heteroatoms. The second-order valence-corrected chi connectivity index (χ2v) is 4.09. The number of hydrogen-bond donors (Lipinski definition) is 0. The number of carbonyl (C=O) groups excluding carboxylic acids is 1. The molecular weight excluding hydrogens is 230 g/mol. The van der Waals surface area contributed by atoms with Gasteiger partial charge in [-0.15, -0.1) is 0 Å². The zero-order chi connectivity index (χ0) is 13.2. The monoisotopic (exact) mass is 251 g/mol. The van der Waals surface area contributed by atoms with Gasteiger partial charge in [-0.05, 0) is 5.56 Å². The van der Waals surface area contributed by atoms with Crippen LogP contribution in [0.15, 0.2) is 30.3 Å². The fraction of sp³-hybridized carbons (Fsp3) is 0.500. The molecule has 1 amide bonds. The van der Waals surface area contributed by atoms with Gasteiger partial charge in [-0.25, -0.2) is 0 Å². The van der Waals surface area contributed by atoms with Gasteiger partial charge in [0.25, 0.3) is 0 Å². The maximum atomic E-state index is 11.8. The number of nitrogens with zero attached hydrogens (tertiary/aromatic N) is 1. The van der Waals surface area contributed by atoms with Crippen molar-refractivity contribution in [3.63, 3.8) is 0 Å². The minimum atomic E-state index is 0.0938. The molecule has 0 fully saturated rings. The van der Waals surface area contributed by atoms with Crippen molar-refractivity contribution in [1.82, 2.24) is 4.90 Å². The van der Waals surface area contributed by atoms with Crippen molar-refractivity contribution in [1.29, 1.82) is 0 Å². The van der Waals surface area contributed by atoms with Crippen LogP contribution in [0.1, 0.15) is 12.0 Å². The Morgan fingerprint density at radius 1 is 1.17 bits per heavy atom. The summed E-state index contributed by atoms with van der Waals surface area (Å²) in [6, 6.07) is 9.94. The van der Waals surface area contributed by atoms with E-state index < -0.39 is 0 Å². The predicted octanol–water partition coefficient (Wildman–Crippen LogP) is 1.70. The number of hydrogen-bond acceptors (Lipinski definition) is 3. The Kier molecular flexibility index (Phi) is 7.06. The fourth-order valence-corrected chi connectivity index (χ4v) is 1.54. The normalized spacial score (nSPS) is 10.3. The van der Waals surface area contributed by atoms with Crippen molar-refractivity contribution in [2.24, 2.45) is 0 Å². The summed E-state index contributed by atoms with van der Waals surface area (Å²) in [5, 5.41) is 0. The van der Waals surface area contributed by atoms with Crippen LogP contribution in [0.2, 0.25) is 0 Å². The number of rotatable bonds is 8. The summed E-state index contributed by atoms with van der Waals surface area (Å²) in [6.07, 6.45) is 0.410. The molecule has 0 aliphatic carbocycles. The van der Waals surface area contributed by atoms with Gasteiger partial charge in [0.1, 0.15) is 0 Å². The highest BCUT2D eigenvalue weighted by Gasteiger charge is 2.08. The quantitative estimate of drug-likeness (QED) is 0.660. The molecule has 0 unspecified atom stereocenters. The number of carbonyl (C=O) groups is 1. The second-order valence-electron chi connectivity index (χ2n) is 4.09. The van der Waals surface area contributed by atoms with Crippen molar-refractivity contribution in [2.75, 3.05) is 34.0 Å². The standard InChI is InChI=1S/C14H21NO3/c1-15(12-13-6-4-3-5-7-13)14(16)8-9-18-11-10-17-2/h3-7H,8-12H2,1-2H3. The predicted molar refractivity (Wildman–Crippen MR) is 70.2 cm³/mol. The number of ether oxygens (including phenoxy) is 2. The van der Waals surface area contributed by atoms with Crippen molar-refractivity contribution >= 4 is 5.91 Å². The van der Waals surface area contributed by atoms with E-state index in [4.69, 9.17) is 9.47 Å². The largest absolute Gasteiger partial charge is 0.382 e. The first kappa shape index (κ1) is 14.7. The molecule has 0 heterocycles. The van der Waals surface area contributed by atoms with E-state index in [0.29, 0.717) is 32.8 Å². The van der Waals surface area contributed by atoms with E-state index in [0.717, 1.165) is 5.56 Å². The highest BCUT2D eigenvalue weighted by molar-refractivity contribution is 5.75. The molecule has 1 aromatic carbocycles. The first-order valence-electron chi connectivity index (χ1n) is 6.08. The third-order valence-corrected chi connectivity index (χ3v) is 2.58. The lowest BCUT2D eigenvalue weighted by atomic mass is 10.2. The number of benzene rings is 1. The first-order chi connectivity index (χ1) is 8.74. The van der Waals surface area contributed by atoms with Gasteiger partial charge in [-0.1, -0.05) is 30.3 Å². The van der Waals surface area contributed by atoms with E-state index in [1.54, 1.807) is 12.0 Å². The Balaban J connectivity index is 2.21. The van der Waals surface area contributed by atoms with E-state index in [9.17, 15) is 4.79 Å². The van der Waals surface area contributed by atoms with Gasteiger partial charge < -0.3 is 14.4 Å². The van der Waals surface area contributed by atoms with Crippen LogP contribution < -0.4 is 0 Å². The SMILES string of the molecule is COCCOCCC(=O)N(C)Cc1ccccc1. The second kappa shape index (κ2) is 8.66. The van der Waals surface area contributed by atoms with Crippen LogP contribution >= 0.6 is 0 Å². The van der Waals surface area contributed by atoms with Crippen molar-refractivity contribution in [3.8, 4) is 0 Å². The molecule has 1 rings (SSSR count). The van der Waals surface area contributed by atoms with Gasteiger partial charge in [0.2, 0.25) is 5.91 Å². The third-order valence-electron chi connectivity index (χ3n) is 2.58. The fourth-order valence-electron chi connectivity index (χ4n) is 1.54. The molecular formula is C14H21NO3. The molecule has 0 saturated heterocycles. The Labute approximate surface area is 108 Å². The maximum Gasteiger partial charge on any atom is 0.224 e.